The van der Waals surface area contributed by atoms with Gasteiger partial charge in [-0.2, -0.15) is 0 Å². The highest BCUT2D eigenvalue weighted by molar-refractivity contribution is 5.78. The van der Waals surface area contributed by atoms with E-state index in [1.54, 1.807) is 13.4 Å². The lowest BCUT2D eigenvalue weighted by Gasteiger charge is -2.31. The van der Waals surface area contributed by atoms with Crippen molar-refractivity contribution >= 4 is 5.91 Å². The lowest BCUT2D eigenvalue weighted by atomic mass is 9.94. The molecule has 1 aromatic heterocycles. The second kappa shape index (κ2) is 8.69. The van der Waals surface area contributed by atoms with Crippen LogP contribution in [-0.4, -0.2) is 44.2 Å². The van der Waals surface area contributed by atoms with E-state index in [-0.39, 0.29) is 11.8 Å². The first-order valence-corrected chi connectivity index (χ1v) is 10.0. The zero-order valence-electron chi connectivity index (χ0n) is 16.4. The van der Waals surface area contributed by atoms with E-state index >= 15 is 0 Å². The van der Waals surface area contributed by atoms with E-state index < -0.39 is 0 Å². The summed E-state index contributed by atoms with van der Waals surface area (Å²) >= 11 is 0. The maximum Gasteiger partial charge on any atom is 0.223 e. The van der Waals surface area contributed by atoms with Gasteiger partial charge in [0.05, 0.1) is 26.5 Å². The van der Waals surface area contributed by atoms with Crippen LogP contribution in [-0.2, 0) is 17.8 Å². The molecule has 1 atom stereocenters. The van der Waals surface area contributed by atoms with Crippen molar-refractivity contribution in [2.75, 3.05) is 33.4 Å². The summed E-state index contributed by atoms with van der Waals surface area (Å²) in [7, 11) is 1.66. The summed E-state index contributed by atoms with van der Waals surface area (Å²) < 4.78 is 16.7. The lowest BCUT2D eigenvalue weighted by Crippen LogP contribution is -2.42. The Kier molecular flexibility index (Phi) is 5.86. The fraction of sp³-hybridized carbons (Fsp3) is 0.500. The van der Waals surface area contributed by atoms with Gasteiger partial charge in [0.15, 0.2) is 11.5 Å². The second-order valence-corrected chi connectivity index (χ2v) is 7.70. The fourth-order valence-corrected chi connectivity index (χ4v) is 4.11. The highest BCUT2D eigenvalue weighted by atomic mass is 16.5. The number of piperidine rings is 1. The van der Waals surface area contributed by atoms with Crippen molar-refractivity contribution in [3.05, 3.63) is 47.9 Å². The maximum atomic E-state index is 12.6. The summed E-state index contributed by atoms with van der Waals surface area (Å²) in [6, 6.07) is 9.88. The van der Waals surface area contributed by atoms with Gasteiger partial charge in [-0.3, -0.25) is 9.69 Å². The van der Waals surface area contributed by atoms with Crippen molar-refractivity contribution in [2.45, 2.75) is 25.8 Å². The number of para-hydroxylation sites is 1. The monoisotopic (exact) mass is 384 g/mol. The van der Waals surface area contributed by atoms with Crippen LogP contribution in [0.5, 0.6) is 11.5 Å². The van der Waals surface area contributed by atoms with Gasteiger partial charge in [-0.05, 0) is 56.1 Å². The number of carbonyl (C=O) groups excluding carboxylic acids is 1. The molecule has 28 heavy (non-hydrogen) atoms. The number of nitrogens with one attached hydrogen (secondary N) is 1. The molecule has 4 rings (SSSR count). The van der Waals surface area contributed by atoms with Crippen LogP contribution < -0.4 is 14.8 Å². The number of hydrogen-bond donors (Lipinski definition) is 1. The minimum atomic E-state index is 0.102. The van der Waals surface area contributed by atoms with Gasteiger partial charge in [0.2, 0.25) is 5.91 Å². The van der Waals surface area contributed by atoms with E-state index in [2.05, 4.69) is 16.3 Å². The number of ether oxygens (including phenoxy) is 2. The Morgan fingerprint density at radius 1 is 1.25 bits per heavy atom. The molecular formula is C22H28N2O4. The van der Waals surface area contributed by atoms with E-state index in [9.17, 15) is 4.79 Å². The summed E-state index contributed by atoms with van der Waals surface area (Å²) in [6.45, 7) is 3.94. The zero-order chi connectivity index (χ0) is 19.3. The number of amides is 1. The lowest BCUT2D eigenvalue weighted by molar-refractivity contribution is -0.126. The first kappa shape index (κ1) is 18.9. The molecule has 1 N–H and O–H groups in total. The Hall–Kier alpha value is -2.47. The van der Waals surface area contributed by atoms with E-state index in [1.165, 1.54) is 0 Å². The van der Waals surface area contributed by atoms with Crippen LogP contribution in [0.2, 0.25) is 0 Å². The third kappa shape index (κ3) is 4.33. The normalized spacial score (nSPS) is 20.2. The molecule has 3 heterocycles. The van der Waals surface area contributed by atoms with Gasteiger partial charge in [0.1, 0.15) is 5.76 Å². The average Bonchev–Trinajstić information content (AvgIpc) is 3.25. The largest absolute Gasteiger partial charge is 0.493 e. The van der Waals surface area contributed by atoms with Crippen molar-refractivity contribution < 1.29 is 18.7 Å². The molecule has 2 aliphatic rings. The number of fused-ring (bicyclic) bond motifs is 1. The molecule has 0 radical (unpaired) electrons. The van der Waals surface area contributed by atoms with Crippen LogP contribution >= 0.6 is 0 Å². The number of carbonyl (C=O) groups is 1. The number of likely N-dealkylation sites (tertiary alicyclic amines) is 1. The maximum absolute atomic E-state index is 12.6. The Morgan fingerprint density at radius 2 is 2.11 bits per heavy atom. The molecule has 1 aromatic carbocycles. The summed E-state index contributed by atoms with van der Waals surface area (Å²) in [5.41, 5.74) is 1.15. The predicted octanol–water partition coefficient (Wildman–Crippen LogP) is 2.87. The van der Waals surface area contributed by atoms with Crippen molar-refractivity contribution in [1.29, 1.82) is 0 Å². The fourth-order valence-electron chi connectivity index (χ4n) is 4.11. The molecule has 0 aliphatic carbocycles. The first-order chi connectivity index (χ1) is 13.7. The molecule has 6 nitrogen and oxygen atoms in total. The van der Waals surface area contributed by atoms with Crippen molar-refractivity contribution in [2.24, 2.45) is 11.8 Å². The third-order valence-electron chi connectivity index (χ3n) is 5.74. The Balaban J connectivity index is 1.22. The van der Waals surface area contributed by atoms with Crippen molar-refractivity contribution in [3.8, 4) is 11.5 Å². The van der Waals surface area contributed by atoms with Gasteiger partial charge in [0.25, 0.3) is 0 Å². The van der Waals surface area contributed by atoms with Crippen LogP contribution in [0.3, 0.4) is 0 Å². The van der Waals surface area contributed by atoms with Gasteiger partial charge in [0, 0.05) is 18.4 Å². The van der Waals surface area contributed by atoms with Crippen molar-refractivity contribution in [1.82, 2.24) is 10.2 Å². The highest BCUT2D eigenvalue weighted by Gasteiger charge is 2.27. The minimum absolute atomic E-state index is 0.102. The zero-order valence-corrected chi connectivity index (χ0v) is 16.4. The summed E-state index contributed by atoms with van der Waals surface area (Å²) in [5, 5.41) is 3.15. The topological polar surface area (TPSA) is 63.9 Å². The molecule has 150 valence electrons. The van der Waals surface area contributed by atoms with Crippen LogP contribution in [0.4, 0.5) is 0 Å². The molecule has 1 amide bonds. The minimum Gasteiger partial charge on any atom is -0.493 e. The molecule has 1 saturated heterocycles. The molecule has 6 heteroatoms. The number of furan rings is 1. The number of nitrogens with zero attached hydrogens (tertiary/aromatic N) is 1. The standard InChI is InChI=1S/C22H28N2O4/c1-26-20-6-2-4-18-12-16(15-28-21(18)20)13-23-22(25)17-7-9-24(10-8-17)14-19-5-3-11-27-19/h2-6,11,16-17H,7-10,12-15H2,1H3,(H,23,25)/t16-/m1/s1. The van der Waals surface area contributed by atoms with Crippen LogP contribution in [0.25, 0.3) is 0 Å². The molecule has 0 unspecified atom stereocenters. The molecule has 1 fully saturated rings. The molecule has 0 saturated carbocycles. The highest BCUT2D eigenvalue weighted by Crippen LogP contribution is 2.35. The second-order valence-electron chi connectivity index (χ2n) is 7.70. The van der Waals surface area contributed by atoms with E-state index in [0.717, 1.165) is 61.7 Å². The quantitative estimate of drug-likeness (QED) is 0.830. The molecular weight excluding hydrogens is 356 g/mol. The molecule has 2 aliphatic heterocycles. The number of rotatable bonds is 6. The number of hydrogen-bond acceptors (Lipinski definition) is 5. The Bertz CT molecular complexity index is 782. The summed E-state index contributed by atoms with van der Waals surface area (Å²) in [6.07, 6.45) is 4.40. The van der Waals surface area contributed by atoms with Crippen molar-refractivity contribution in [3.63, 3.8) is 0 Å². The first-order valence-electron chi connectivity index (χ1n) is 10.0. The molecule has 2 aromatic rings. The van der Waals surface area contributed by atoms with Gasteiger partial charge in [-0.25, -0.2) is 0 Å². The Labute approximate surface area is 165 Å². The number of methoxy groups -OCH3 is 1. The van der Waals surface area contributed by atoms with Gasteiger partial charge in [-0.1, -0.05) is 12.1 Å². The predicted molar refractivity (Wildman–Crippen MR) is 105 cm³/mol. The number of benzene rings is 1. The van der Waals surface area contributed by atoms with E-state index in [4.69, 9.17) is 13.9 Å². The molecule has 0 bridgehead atoms. The van der Waals surface area contributed by atoms with Crippen LogP contribution in [0.15, 0.2) is 41.0 Å². The third-order valence-corrected chi connectivity index (χ3v) is 5.74. The van der Waals surface area contributed by atoms with E-state index in [1.807, 2.05) is 24.3 Å². The Morgan fingerprint density at radius 3 is 2.86 bits per heavy atom. The SMILES string of the molecule is COc1cccc2c1OC[C@@H](CNC(=O)C1CCN(Cc3ccco3)CC1)C2. The van der Waals surface area contributed by atoms with Gasteiger partial charge < -0.3 is 19.2 Å². The van der Waals surface area contributed by atoms with Crippen LogP contribution in [0, 0.1) is 11.8 Å². The van der Waals surface area contributed by atoms with Gasteiger partial charge in [-0.15, -0.1) is 0 Å². The van der Waals surface area contributed by atoms with Gasteiger partial charge >= 0.3 is 0 Å². The van der Waals surface area contributed by atoms with Crippen LogP contribution in [0.1, 0.15) is 24.2 Å². The van der Waals surface area contributed by atoms with E-state index in [0.29, 0.717) is 19.1 Å². The summed E-state index contributed by atoms with van der Waals surface area (Å²) in [4.78, 5) is 15.0. The molecule has 0 spiro atoms. The smallest absolute Gasteiger partial charge is 0.223 e. The average molecular weight is 384 g/mol. The summed E-state index contributed by atoms with van der Waals surface area (Å²) in [5.74, 6) is 3.18.